The Morgan fingerprint density at radius 2 is 1.83 bits per heavy atom. The highest BCUT2D eigenvalue weighted by molar-refractivity contribution is 5.83. The maximum atomic E-state index is 13.1. The second-order valence-corrected chi connectivity index (χ2v) is 7.07. The van der Waals surface area contributed by atoms with Crippen LogP contribution in [0, 0.1) is 17.7 Å². The van der Waals surface area contributed by atoms with Crippen LogP contribution in [0.5, 0.6) is 0 Å². The van der Waals surface area contributed by atoms with Gasteiger partial charge in [0, 0.05) is 26.1 Å². The van der Waals surface area contributed by atoms with Gasteiger partial charge in [0.25, 0.3) is 0 Å². The maximum absolute atomic E-state index is 13.1. The first-order valence-corrected chi connectivity index (χ1v) is 8.78. The number of hydrogen-bond donors (Lipinski definition) is 0. The smallest absolute Gasteiger partial charge is 0.227 e. The number of rotatable bonds is 4. The molecule has 3 rings (SSSR count). The summed E-state index contributed by atoms with van der Waals surface area (Å²) in [6.07, 6.45) is 3.70. The third-order valence-electron chi connectivity index (χ3n) is 5.29. The van der Waals surface area contributed by atoms with Gasteiger partial charge in [0.2, 0.25) is 11.8 Å². The Kier molecular flexibility index (Phi) is 4.88. The fraction of sp³-hybridized carbons (Fsp3) is 0.579. The molecule has 2 fully saturated rings. The van der Waals surface area contributed by atoms with E-state index in [2.05, 4.69) is 0 Å². The molecule has 5 heteroatoms. The van der Waals surface area contributed by atoms with Crippen molar-refractivity contribution in [2.75, 3.05) is 20.1 Å². The van der Waals surface area contributed by atoms with Crippen molar-refractivity contribution in [2.24, 2.45) is 11.8 Å². The van der Waals surface area contributed by atoms with E-state index < -0.39 is 0 Å². The number of likely N-dealkylation sites (tertiary alicyclic amines) is 1. The van der Waals surface area contributed by atoms with Crippen molar-refractivity contribution in [3.8, 4) is 0 Å². The summed E-state index contributed by atoms with van der Waals surface area (Å²) in [5.74, 6) is 0.0902. The van der Waals surface area contributed by atoms with Gasteiger partial charge in [0.05, 0.1) is 12.0 Å². The molecule has 2 atom stereocenters. The minimum Gasteiger partial charge on any atom is -0.342 e. The van der Waals surface area contributed by atoms with Crippen molar-refractivity contribution in [1.29, 1.82) is 0 Å². The Morgan fingerprint density at radius 3 is 2.46 bits per heavy atom. The van der Waals surface area contributed by atoms with Crippen LogP contribution in [0.4, 0.5) is 4.39 Å². The Morgan fingerprint density at radius 1 is 1.17 bits per heavy atom. The van der Waals surface area contributed by atoms with E-state index in [1.165, 1.54) is 12.1 Å². The van der Waals surface area contributed by atoms with Gasteiger partial charge in [-0.25, -0.2) is 4.39 Å². The molecule has 1 saturated heterocycles. The SMILES string of the molecule is C[C@@H](c1ccc(F)cc1)N(C)C(=O)[C@@H]1CCCN(C(=O)C2CC2)C1. The first kappa shape index (κ1) is 16.9. The summed E-state index contributed by atoms with van der Waals surface area (Å²) in [7, 11) is 1.79. The molecule has 0 N–H and O–H groups in total. The van der Waals surface area contributed by atoms with E-state index in [0.717, 1.165) is 37.8 Å². The van der Waals surface area contributed by atoms with Gasteiger partial charge in [-0.15, -0.1) is 0 Å². The molecular weight excluding hydrogens is 307 g/mol. The number of nitrogens with zero attached hydrogens (tertiary/aromatic N) is 2. The van der Waals surface area contributed by atoms with Crippen LogP contribution in [0.2, 0.25) is 0 Å². The third kappa shape index (κ3) is 3.60. The molecular formula is C19H25FN2O2. The summed E-state index contributed by atoms with van der Waals surface area (Å²) in [6.45, 7) is 3.26. The van der Waals surface area contributed by atoms with Crippen LogP contribution in [-0.4, -0.2) is 41.8 Å². The molecule has 130 valence electrons. The topological polar surface area (TPSA) is 40.6 Å². The van der Waals surface area contributed by atoms with Gasteiger partial charge in [-0.3, -0.25) is 9.59 Å². The third-order valence-corrected chi connectivity index (χ3v) is 5.29. The average Bonchev–Trinajstić information content (AvgIpc) is 3.45. The molecule has 0 bridgehead atoms. The zero-order valence-corrected chi connectivity index (χ0v) is 14.4. The maximum Gasteiger partial charge on any atom is 0.227 e. The van der Waals surface area contributed by atoms with E-state index in [1.807, 2.05) is 11.8 Å². The van der Waals surface area contributed by atoms with Crippen LogP contribution in [0.1, 0.15) is 44.2 Å². The van der Waals surface area contributed by atoms with Gasteiger partial charge in [-0.05, 0) is 50.3 Å². The number of benzene rings is 1. The van der Waals surface area contributed by atoms with Crippen molar-refractivity contribution < 1.29 is 14.0 Å². The van der Waals surface area contributed by atoms with Crippen LogP contribution in [-0.2, 0) is 9.59 Å². The Hall–Kier alpha value is -1.91. The van der Waals surface area contributed by atoms with Gasteiger partial charge < -0.3 is 9.80 Å². The molecule has 0 radical (unpaired) electrons. The monoisotopic (exact) mass is 332 g/mol. The highest BCUT2D eigenvalue weighted by atomic mass is 19.1. The van der Waals surface area contributed by atoms with Crippen LogP contribution in [0.3, 0.4) is 0 Å². The number of carbonyl (C=O) groups excluding carboxylic acids is 2. The molecule has 0 spiro atoms. The summed E-state index contributed by atoms with van der Waals surface area (Å²) >= 11 is 0. The Bertz CT molecular complexity index is 612. The molecule has 1 aromatic rings. The zero-order chi connectivity index (χ0) is 17.3. The summed E-state index contributed by atoms with van der Waals surface area (Å²) in [6, 6.07) is 6.15. The predicted octanol–water partition coefficient (Wildman–Crippen LogP) is 2.99. The highest BCUT2D eigenvalue weighted by Gasteiger charge is 2.37. The van der Waals surface area contributed by atoms with E-state index >= 15 is 0 Å². The second kappa shape index (κ2) is 6.91. The average molecular weight is 332 g/mol. The lowest BCUT2D eigenvalue weighted by Gasteiger charge is -2.36. The molecule has 1 heterocycles. The van der Waals surface area contributed by atoms with Crippen molar-refractivity contribution >= 4 is 11.8 Å². The summed E-state index contributed by atoms with van der Waals surface area (Å²) in [4.78, 5) is 28.7. The lowest BCUT2D eigenvalue weighted by Crippen LogP contribution is -2.46. The molecule has 0 unspecified atom stereocenters. The fourth-order valence-electron chi connectivity index (χ4n) is 3.41. The number of piperidine rings is 1. The molecule has 4 nitrogen and oxygen atoms in total. The van der Waals surface area contributed by atoms with Crippen LogP contribution in [0.25, 0.3) is 0 Å². The molecule has 1 aliphatic carbocycles. The van der Waals surface area contributed by atoms with Gasteiger partial charge in [-0.1, -0.05) is 12.1 Å². The standard InChI is InChI=1S/C19H25FN2O2/c1-13(14-7-9-17(20)10-8-14)21(2)18(23)16-4-3-11-22(12-16)19(24)15-5-6-15/h7-10,13,15-16H,3-6,11-12H2,1-2H3/t13-,16+/m0/s1. The van der Waals surface area contributed by atoms with E-state index in [4.69, 9.17) is 0 Å². The molecule has 2 amide bonds. The van der Waals surface area contributed by atoms with Gasteiger partial charge in [-0.2, -0.15) is 0 Å². The number of hydrogen-bond acceptors (Lipinski definition) is 2. The zero-order valence-electron chi connectivity index (χ0n) is 14.4. The van der Waals surface area contributed by atoms with Gasteiger partial charge >= 0.3 is 0 Å². The van der Waals surface area contributed by atoms with E-state index in [1.54, 1.807) is 24.1 Å². The Labute approximate surface area is 142 Å². The van der Waals surface area contributed by atoms with E-state index in [0.29, 0.717) is 6.54 Å². The minimum atomic E-state index is -0.276. The summed E-state index contributed by atoms with van der Waals surface area (Å²) in [5, 5.41) is 0. The summed E-state index contributed by atoms with van der Waals surface area (Å²) < 4.78 is 13.1. The lowest BCUT2D eigenvalue weighted by atomic mass is 9.95. The normalized spacial score (nSPS) is 22.1. The van der Waals surface area contributed by atoms with E-state index in [-0.39, 0.29) is 35.5 Å². The van der Waals surface area contributed by atoms with Gasteiger partial charge in [0.1, 0.15) is 5.82 Å². The molecule has 24 heavy (non-hydrogen) atoms. The lowest BCUT2D eigenvalue weighted by molar-refractivity contribution is -0.141. The van der Waals surface area contributed by atoms with E-state index in [9.17, 15) is 14.0 Å². The predicted molar refractivity (Wildman–Crippen MR) is 89.6 cm³/mol. The van der Waals surface area contributed by atoms with Crippen LogP contribution < -0.4 is 0 Å². The molecule has 2 aliphatic rings. The van der Waals surface area contributed by atoms with Crippen molar-refractivity contribution in [3.63, 3.8) is 0 Å². The number of carbonyl (C=O) groups is 2. The summed E-state index contributed by atoms with van der Waals surface area (Å²) in [5.41, 5.74) is 0.911. The molecule has 1 aromatic carbocycles. The van der Waals surface area contributed by atoms with Gasteiger partial charge in [0.15, 0.2) is 0 Å². The van der Waals surface area contributed by atoms with Crippen LogP contribution in [0.15, 0.2) is 24.3 Å². The quantitative estimate of drug-likeness (QED) is 0.850. The Balaban J connectivity index is 1.63. The minimum absolute atomic E-state index is 0.0696. The molecule has 1 aliphatic heterocycles. The number of amides is 2. The molecule has 0 aromatic heterocycles. The van der Waals surface area contributed by atoms with Crippen LogP contribution >= 0.6 is 0 Å². The first-order chi connectivity index (χ1) is 11.5. The van der Waals surface area contributed by atoms with Crippen molar-refractivity contribution in [1.82, 2.24) is 9.80 Å². The molecule has 1 saturated carbocycles. The second-order valence-electron chi connectivity index (χ2n) is 7.07. The number of halogens is 1. The highest BCUT2D eigenvalue weighted by Crippen LogP contribution is 2.33. The largest absolute Gasteiger partial charge is 0.342 e. The fourth-order valence-corrected chi connectivity index (χ4v) is 3.41. The first-order valence-electron chi connectivity index (χ1n) is 8.78. The van der Waals surface area contributed by atoms with Crippen molar-refractivity contribution in [2.45, 2.75) is 38.6 Å². The van der Waals surface area contributed by atoms with Crippen molar-refractivity contribution in [3.05, 3.63) is 35.6 Å².